The SMILES string of the molecule is Cn1cc(-c2ccc(=N)n(C(=N)Sc3ccc4ncccc4c3)c2)cn1. The molecule has 0 radical (unpaired) electrons. The molecule has 0 amide bonds. The number of nitrogens with zero attached hydrogens (tertiary/aromatic N) is 4. The van der Waals surface area contributed by atoms with Gasteiger partial charge in [-0.05, 0) is 36.4 Å². The molecule has 0 atom stereocenters. The van der Waals surface area contributed by atoms with Crippen molar-refractivity contribution in [2.75, 3.05) is 0 Å². The van der Waals surface area contributed by atoms with Crippen LogP contribution in [0.4, 0.5) is 0 Å². The second-order valence-electron chi connectivity index (χ2n) is 5.84. The zero-order valence-corrected chi connectivity index (χ0v) is 14.9. The van der Waals surface area contributed by atoms with Gasteiger partial charge in [-0.1, -0.05) is 17.8 Å². The standard InChI is InChI=1S/C19H16N6S/c1-24-11-15(10-23-24)14-4-7-18(20)25(12-14)19(21)26-16-5-6-17-13(9-16)3-2-8-22-17/h2-12,20-21H,1H3. The molecule has 0 aliphatic rings. The van der Waals surface area contributed by atoms with Gasteiger partial charge in [-0.3, -0.25) is 25.1 Å². The lowest BCUT2D eigenvalue weighted by Crippen LogP contribution is -2.23. The number of rotatable bonds is 2. The van der Waals surface area contributed by atoms with Crippen molar-refractivity contribution >= 4 is 27.8 Å². The fourth-order valence-electron chi connectivity index (χ4n) is 2.69. The van der Waals surface area contributed by atoms with E-state index < -0.39 is 0 Å². The summed E-state index contributed by atoms with van der Waals surface area (Å²) in [4.78, 5) is 5.25. The van der Waals surface area contributed by atoms with E-state index in [0.29, 0.717) is 0 Å². The molecule has 2 N–H and O–H groups in total. The van der Waals surface area contributed by atoms with Crippen LogP contribution in [0.3, 0.4) is 0 Å². The van der Waals surface area contributed by atoms with Crippen LogP contribution in [-0.2, 0) is 7.05 Å². The Labute approximate surface area is 154 Å². The molecule has 4 rings (SSSR count). The van der Waals surface area contributed by atoms with Gasteiger partial charge in [0, 0.05) is 47.0 Å². The van der Waals surface area contributed by atoms with Crippen LogP contribution in [-0.4, -0.2) is 24.5 Å². The minimum Gasteiger partial charge on any atom is -0.284 e. The summed E-state index contributed by atoms with van der Waals surface area (Å²) < 4.78 is 3.30. The summed E-state index contributed by atoms with van der Waals surface area (Å²) in [6.07, 6.45) is 7.26. The first-order valence-electron chi connectivity index (χ1n) is 7.98. The molecule has 26 heavy (non-hydrogen) atoms. The lowest BCUT2D eigenvalue weighted by molar-refractivity contribution is 0.768. The number of aryl methyl sites for hydroxylation is 1. The highest BCUT2D eigenvalue weighted by Crippen LogP contribution is 2.24. The van der Waals surface area contributed by atoms with E-state index in [4.69, 9.17) is 10.8 Å². The Morgan fingerprint density at radius 1 is 1.08 bits per heavy atom. The number of fused-ring (bicyclic) bond motifs is 1. The zero-order valence-electron chi connectivity index (χ0n) is 14.0. The summed E-state index contributed by atoms with van der Waals surface area (Å²) in [5.74, 6) is 0. The fourth-order valence-corrected chi connectivity index (χ4v) is 3.48. The van der Waals surface area contributed by atoms with E-state index in [0.717, 1.165) is 26.9 Å². The summed E-state index contributed by atoms with van der Waals surface area (Å²) >= 11 is 1.31. The number of hydrogen-bond acceptors (Lipinski definition) is 5. The second kappa shape index (κ2) is 6.61. The van der Waals surface area contributed by atoms with Crippen molar-refractivity contribution in [3.05, 3.63) is 72.7 Å². The summed E-state index contributed by atoms with van der Waals surface area (Å²) in [5.41, 5.74) is 3.06. The van der Waals surface area contributed by atoms with Crippen molar-refractivity contribution in [3.63, 3.8) is 0 Å². The van der Waals surface area contributed by atoms with Crippen molar-refractivity contribution in [2.24, 2.45) is 7.05 Å². The number of thioether (sulfide) groups is 1. The van der Waals surface area contributed by atoms with E-state index in [1.807, 2.05) is 49.6 Å². The van der Waals surface area contributed by atoms with Gasteiger partial charge < -0.3 is 0 Å². The van der Waals surface area contributed by atoms with Gasteiger partial charge in [-0.25, -0.2) is 0 Å². The molecule has 3 aromatic heterocycles. The molecule has 0 aliphatic heterocycles. The van der Waals surface area contributed by atoms with Gasteiger partial charge in [0.25, 0.3) is 0 Å². The molecule has 3 heterocycles. The molecule has 0 bridgehead atoms. The molecule has 0 aliphatic carbocycles. The highest BCUT2D eigenvalue weighted by atomic mass is 32.2. The largest absolute Gasteiger partial charge is 0.284 e. The van der Waals surface area contributed by atoms with Crippen LogP contribution in [0.15, 0.2) is 72.1 Å². The Morgan fingerprint density at radius 3 is 2.77 bits per heavy atom. The van der Waals surface area contributed by atoms with Crippen molar-refractivity contribution < 1.29 is 0 Å². The Kier molecular flexibility index (Phi) is 4.14. The Balaban J connectivity index is 1.65. The van der Waals surface area contributed by atoms with Crippen LogP contribution in [0, 0.1) is 10.8 Å². The van der Waals surface area contributed by atoms with E-state index in [1.54, 1.807) is 33.9 Å². The van der Waals surface area contributed by atoms with Gasteiger partial charge in [0.05, 0.1) is 11.7 Å². The molecule has 0 unspecified atom stereocenters. The van der Waals surface area contributed by atoms with Gasteiger partial charge >= 0.3 is 0 Å². The molecule has 0 spiro atoms. The Hall–Kier alpha value is -3.19. The third-order valence-electron chi connectivity index (χ3n) is 3.99. The average Bonchev–Trinajstić information content (AvgIpc) is 3.08. The molecule has 4 aromatic rings. The molecule has 7 heteroatoms. The van der Waals surface area contributed by atoms with Crippen LogP contribution in [0.25, 0.3) is 22.0 Å². The smallest absolute Gasteiger partial charge is 0.171 e. The normalized spacial score (nSPS) is 11.0. The van der Waals surface area contributed by atoms with Gasteiger partial charge in [0.15, 0.2) is 5.17 Å². The molecular formula is C19H16N6S. The fraction of sp³-hybridized carbons (Fsp3) is 0.0526. The van der Waals surface area contributed by atoms with Crippen LogP contribution < -0.4 is 5.49 Å². The summed E-state index contributed by atoms with van der Waals surface area (Å²) in [5, 5.41) is 22.1. The summed E-state index contributed by atoms with van der Waals surface area (Å²) in [7, 11) is 1.86. The van der Waals surface area contributed by atoms with E-state index in [2.05, 4.69) is 10.1 Å². The number of hydrogen-bond donors (Lipinski definition) is 2. The molecule has 6 nitrogen and oxygen atoms in total. The van der Waals surface area contributed by atoms with Crippen molar-refractivity contribution in [1.82, 2.24) is 19.3 Å². The maximum Gasteiger partial charge on any atom is 0.171 e. The number of benzene rings is 1. The zero-order chi connectivity index (χ0) is 18.1. The Morgan fingerprint density at radius 2 is 1.96 bits per heavy atom. The quantitative estimate of drug-likeness (QED) is 0.326. The van der Waals surface area contributed by atoms with E-state index in [1.165, 1.54) is 11.8 Å². The predicted molar refractivity (Wildman–Crippen MR) is 103 cm³/mol. The highest BCUT2D eigenvalue weighted by Gasteiger charge is 2.08. The van der Waals surface area contributed by atoms with Crippen molar-refractivity contribution in [1.29, 1.82) is 10.8 Å². The maximum absolute atomic E-state index is 8.45. The van der Waals surface area contributed by atoms with Crippen molar-refractivity contribution in [2.45, 2.75) is 4.90 Å². The molecule has 128 valence electrons. The van der Waals surface area contributed by atoms with Gasteiger partial charge in [-0.2, -0.15) is 5.10 Å². The van der Waals surface area contributed by atoms with Gasteiger partial charge in [0.1, 0.15) is 5.49 Å². The monoisotopic (exact) mass is 360 g/mol. The Bertz CT molecular complexity index is 1170. The van der Waals surface area contributed by atoms with Gasteiger partial charge in [0.2, 0.25) is 0 Å². The minimum atomic E-state index is 0.262. The first kappa shape index (κ1) is 16.3. The second-order valence-corrected chi connectivity index (χ2v) is 6.90. The molecule has 0 fully saturated rings. The number of pyridine rings is 2. The van der Waals surface area contributed by atoms with E-state index in [9.17, 15) is 0 Å². The van der Waals surface area contributed by atoms with E-state index in [-0.39, 0.29) is 10.7 Å². The average molecular weight is 360 g/mol. The van der Waals surface area contributed by atoms with Crippen LogP contribution in [0.1, 0.15) is 0 Å². The highest BCUT2D eigenvalue weighted by molar-refractivity contribution is 8.13. The lowest BCUT2D eigenvalue weighted by atomic mass is 10.2. The topological polar surface area (TPSA) is 83.3 Å². The first-order chi connectivity index (χ1) is 12.6. The lowest BCUT2D eigenvalue weighted by Gasteiger charge is -2.10. The third kappa shape index (κ3) is 3.16. The predicted octanol–water partition coefficient (Wildman–Crippen LogP) is 3.49. The molecular weight excluding hydrogens is 344 g/mol. The van der Waals surface area contributed by atoms with Crippen molar-refractivity contribution in [3.8, 4) is 11.1 Å². The van der Waals surface area contributed by atoms with Gasteiger partial charge in [-0.15, -0.1) is 0 Å². The van der Waals surface area contributed by atoms with E-state index >= 15 is 0 Å². The molecule has 1 aromatic carbocycles. The summed E-state index contributed by atoms with van der Waals surface area (Å²) in [6.45, 7) is 0. The maximum atomic E-state index is 8.45. The van der Waals surface area contributed by atoms with Crippen LogP contribution >= 0.6 is 11.8 Å². The molecule has 0 saturated carbocycles. The first-order valence-corrected chi connectivity index (χ1v) is 8.80. The minimum absolute atomic E-state index is 0.262. The molecule has 0 saturated heterocycles. The summed E-state index contributed by atoms with van der Waals surface area (Å²) in [6, 6.07) is 13.4. The van der Waals surface area contributed by atoms with Crippen LogP contribution in [0.2, 0.25) is 0 Å². The third-order valence-corrected chi connectivity index (χ3v) is 4.87. The number of nitrogens with one attached hydrogen (secondary N) is 2. The van der Waals surface area contributed by atoms with Crippen LogP contribution in [0.5, 0.6) is 0 Å². The number of aromatic nitrogens is 4.